The lowest BCUT2D eigenvalue weighted by Crippen LogP contribution is -2.34. The van der Waals surface area contributed by atoms with Crippen LogP contribution >= 0.6 is 11.6 Å². The van der Waals surface area contributed by atoms with Crippen LogP contribution in [0.15, 0.2) is 59.0 Å². The molecular weight excluding hydrogens is 511 g/mol. The van der Waals surface area contributed by atoms with E-state index in [-0.39, 0.29) is 40.4 Å². The summed E-state index contributed by atoms with van der Waals surface area (Å²) in [6, 6.07) is 5.27. The summed E-state index contributed by atoms with van der Waals surface area (Å²) in [5.74, 6) is -2.93. The van der Waals surface area contributed by atoms with E-state index in [1.807, 2.05) is 19.9 Å². The summed E-state index contributed by atoms with van der Waals surface area (Å²) in [5.41, 5.74) is -0.998. The highest BCUT2D eigenvalue weighted by molar-refractivity contribution is 6.30. The van der Waals surface area contributed by atoms with Gasteiger partial charge in [-0.1, -0.05) is 38.1 Å². The van der Waals surface area contributed by atoms with Crippen LogP contribution in [0.1, 0.15) is 39.7 Å². The van der Waals surface area contributed by atoms with Gasteiger partial charge in [0.15, 0.2) is 5.76 Å². The molecule has 0 N–H and O–H groups in total. The predicted molar refractivity (Wildman–Crippen MR) is 135 cm³/mol. The van der Waals surface area contributed by atoms with E-state index in [9.17, 15) is 22.8 Å². The molecule has 1 rings (SSSR count). The smallest absolute Gasteiger partial charge is 0.416 e. The summed E-state index contributed by atoms with van der Waals surface area (Å²) in [6.07, 6.45) is -1.05. The number of nitriles is 1. The van der Waals surface area contributed by atoms with E-state index < -0.39 is 29.3 Å². The third-order valence-electron chi connectivity index (χ3n) is 5.08. The molecule has 2 unspecified atom stereocenters. The SMILES string of the molecule is C=CN(CC(=CC(C)C=O)C(=NC(C)CC)OC)C(=O)C(Oc1cc(Cl)cc(C#N)c1)=C(C)C(F)(F)F. The number of rotatable bonds is 11. The maximum Gasteiger partial charge on any atom is 0.416 e. The number of methoxy groups -OCH3 is 1. The van der Waals surface area contributed by atoms with Gasteiger partial charge in [0, 0.05) is 22.7 Å². The molecule has 1 aromatic carbocycles. The molecule has 0 aliphatic carbocycles. The Kier molecular flexibility index (Phi) is 12.1. The molecule has 7 nitrogen and oxygen atoms in total. The lowest BCUT2D eigenvalue weighted by Gasteiger charge is -2.24. The highest BCUT2D eigenvalue weighted by Gasteiger charge is 2.38. The van der Waals surface area contributed by atoms with Gasteiger partial charge in [0.05, 0.1) is 36.9 Å². The summed E-state index contributed by atoms with van der Waals surface area (Å²) >= 11 is 5.94. The summed E-state index contributed by atoms with van der Waals surface area (Å²) in [5, 5.41) is 9.18. The Labute approximate surface area is 219 Å². The zero-order valence-electron chi connectivity index (χ0n) is 21.2. The highest BCUT2D eigenvalue weighted by Crippen LogP contribution is 2.31. The van der Waals surface area contributed by atoms with Crippen molar-refractivity contribution in [1.29, 1.82) is 5.26 Å². The van der Waals surface area contributed by atoms with E-state index in [4.69, 9.17) is 26.3 Å². The largest absolute Gasteiger partial charge is 0.481 e. The first-order chi connectivity index (χ1) is 17.3. The van der Waals surface area contributed by atoms with Gasteiger partial charge in [-0.15, -0.1) is 0 Å². The van der Waals surface area contributed by atoms with Crippen molar-refractivity contribution >= 4 is 29.7 Å². The number of hydrogen-bond donors (Lipinski definition) is 0. The molecule has 1 amide bonds. The molecule has 0 fully saturated rings. The number of alkyl halides is 3. The summed E-state index contributed by atoms with van der Waals surface area (Å²) in [6.45, 7) is 9.26. The van der Waals surface area contributed by atoms with Gasteiger partial charge in [0.1, 0.15) is 12.0 Å². The van der Waals surface area contributed by atoms with Gasteiger partial charge in [0.2, 0.25) is 5.90 Å². The molecule has 0 aromatic heterocycles. The second-order valence-electron chi connectivity index (χ2n) is 8.04. The monoisotopic (exact) mass is 539 g/mol. The molecule has 1 aromatic rings. The van der Waals surface area contributed by atoms with Crippen LogP contribution < -0.4 is 4.74 Å². The highest BCUT2D eigenvalue weighted by atomic mass is 35.5. The van der Waals surface area contributed by atoms with Crippen LogP contribution in [0.2, 0.25) is 5.02 Å². The third-order valence-corrected chi connectivity index (χ3v) is 5.30. The minimum atomic E-state index is -4.91. The average Bonchev–Trinajstić information content (AvgIpc) is 2.86. The molecule has 2 atom stereocenters. The van der Waals surface area contributed by atoms with Crippen LogP contribution in [0.4, 0.5) is 13.2 Å². The van der Waals surface area contributed by atoms with Gasteiger partial charge >= 0.3 is 6.18 Å². The first-order valence-electron chi connectivity index (χ1n) is 11.2. The number of carbonyl (C=O) groups is 2. The normalized spacial score (nSPS) is 14.6. The van der Waals surface area contributed by atoms with Crippen molar-refractivity contribution in [3.05, 3.63) is 64.5 Å². The minimum Gasteiger partial charge on any atom is -0.481 e. The fourth-order valence-corrected chi connectivity index (χ4v) is 3.08. The maximum absolute atomic E-state index is 13.7. The Morgan fingerprint density at radius 2 is 1.97 bits per heavy atom. The molecule has 200 valence electrons. The fraction of sp³-hybridized carbons (Fsp3) is 0.385. The van der Waals surface area contributed by atoms with Crippen molar-refractivity contribution in [3.8, 4) is 11.8 Å². The van der Waals surface area contributed by atoms with Crippen molar-refractivity contribution < 1.29 is 32.2 Å². The fourth-order valence-electron chi connectivity index (χ4n) is 2.85. The van der Waals surface area contributed by atoms with Gasteiger partial charge in [-0.25, -0.2) is 4.99 Å². The minimum absolute atomic E-state index is 0.0265. The first-order valence-corrected chi connectivity index (χ1v) is 11.6. The first kappa shape index (κ1) is 31.4. The predicted octanol–water partition coefficient (Wildman–Crippen LogP) is 6.00. The molecule has 0 aliphatic rings. The van der Waals surface area contributed by atoms with Gasteiger partial charge in [-0.2, -0.15) is 18.4 Å². The number of amides is 1. The van der Waals surface area contributed by atoms with Crippen LogP contribution in [0, 0.1) is 17.2 Å². The van der Waals surface area contributed by atoms with Crippen LogP contribution in [0.3, 0.4) is 0 Å². The summed E-state index contributed by atoms with van der Waals surface area (Å²) < 4.78 is 51.8. The van der Waals surface area contributed by atoms with E-state index in [1.165, 1.54) is 25.3 Å². The second kappa shape index (κ2) is 14.2. The quantitative estimate of drug-likeness (QED) is 0.113. The number of aliphatic imine (C=N–C) groups is 1. The van der Waals surface area contributed by atoms with Crippen LogP contribution in [0.5, 0.6) is 5.75 Å². The Hall–Kier alpha value is -3.58. The zero-order chi connectivity index (χ0) is 28.3. The Morgan fingerprint density at radius 3 is 2.46 bits per heavy atom. The number of aldehydes is 1. The molecule has 11 heteroatoms. The molecule has 0 bridgehead atoms. The Bertz CT molecular complexity index is 1140. The third kappa shape index (κ3) is 9.42. The molecule has 0 saturated heterocycles. The molecule has 0 radical (unpaired) electrons. The molecule has 0 spiro atoms. The second-order valence-corrected chi connectivity index (χ2v) is 8.48. The standard InChI is InChI=1S/C26H29ClF3N3O4/c1-7-17(4)32-24(36-6)20(9-16(3)15-34)14-33(8-2)25(35)23(18(5)26(28,29)30)37-22-11-19(13-31)10-21(27)12-22/h8-12,15-17H,2,7,14H2,1,3-6H3. The molecule has 37 heavy (non-hydrogen) atoms. The number of ether oxygens (including phenoxy) is 2. The van der Waals surface area contributed by atoms with E-state index in [1.54, 1.807) is 6.92 Å². The van der Waals surface area contributed by atoms with Crippen LogP contribution in [-0.4, -0.2) is 48.9 Å². The van der Waals surface area contributed by atoms with E-state index in [2.05, 4.69) is 11.6 Å². The number of hydrogen-bond acceptors (Lipinski definition) is 6. The maximum atomic E-state index is 13.7. The van der Waals surface area contributed by atoms with Gasteiger partial charge in [-0.05, 0) is 38.5 Å². The van der Waals surface area contributed by atoms with Gasteiger partial charge in [0.25, 0.3) is 5.91 Å². The topological polar surface area (TPSA) is 92.0 Å². The number of nitrogens with zero attached hydrogens (tertiary/aromatic N) is 3. The van der Waals surface area contributed by atoms with Crippen molar-refractivity contribution in [2.24, 2.45) is 10.9 Å². The van der Waals surface area contributed by atoms with Crippen LogP contribution in [0.25, 0.3) is 0 Å². The summed E-state index contributed by atoms with van der Waals surface area (Å²) in [7, 11) is 1.36. The molecule has 0 heterocycles. The van der Waals surface area contributed by atoms with E-state index in [0.717, 1.165) is 17.2 Å². The Balaban J connectivity index is 3.61. The van der Waals surface area contributed by atoms with Crippen molar-refractivity contribution in [2.45, 2.75) is 46.3 Å². The summed E-state index contributed by atoms with van der Waals surface area (Å²) in [4.78, 5) is 30.0. The molecule has 0 aliphatic heterocycles. The van der Waals surface area contributed by atoms with Gasteiger partial charge < -0.3 is 19.2 Å². The van der Waals surface area contributed by atoms with Gasteiger partial charge in [-0.3, -0.25) is 4.79 Å². The average molecular weight is 540 g/mol. The molecule has 0 saturated carbocycles. The number of carbonyl (C=O) groups excluding carboxylic acids is 2. The van der Waals surface area contributed by atoms with Crippen LogP contribution in [-0.2, 0) is 14.3 Å². The number of allylic oxidation sites excluding steroid dienone is 2. The number of benzene rings is 1. The Morgan fingerprint density at radius 1 is 1.32 bits per heavy atom. The van der Waals surface area contributed by atoms with Crippen molar-refractivity contribution in [1.82, 2.24) is 4.90 Å². The lowest BCUT2D eigenvalue weighted by atomic mass is 10.1. The lowest BCUT2D eigenvalue weighted by molar-refractivity contribution is -0.128. The van der Waals surface area contributed by atoms with E-state index >= 15 is 0 Å². The van der Waals surface area contributed by atoms with E-state index in [0.29, 0.717) is 19.6 Å². The van der Waals surface area contributed by atoms with Crippen molar-refractivity contribution in [3.63, 3.8) is 0 Å². The number of halogens is 4. The molecular formula is C26H29ClF3N3O4. The zero-order valence-corrected chi connectivity index (χ0v) is 22.0. The van der Waals surface area contributed by atoms with Crippen molar-refractivity contribution in [2.75, 3.05) is 13.7 Å².